The first-order valence-corrected chi connectivity index (χ1v) is 8.69. The highest BCUT2D eigenvalue weighted by molar-refractivity contribution is 7.90. The lowest BCUT2D eigenvalue weighted by atomic mass is 10.2. The summed E-state index contributed by atoms with van der Waals surface area (Å²) < 4.78 is 23.8. The Balaban J connectivity index is 2.31. The summed E-state index contributed by atoms with van der Waals surface area (Å²) in [7, 11) is -3.18. The van der Waals surface area contributed by atoms with Gasteiger partial charge in [0.2, 0.25) is 0 Å². The molecule has 1 aromatic rings. The molecule has 0 radical (unpaired) electrons. The van der Waals surface area contributed by atoms with Crippen molar-refractivity contribution in [2.45, 2.75) is 30.7 Å². The molecular weight excluding hydrogens is 260 g/mol. The van der Waals surface area contributed by atoms with Gasteiger partial charge in [-0.15, -0.1) is 0 Å². The SMILES string of the molecule is CCNCC1CCCN1c1ccccc1S(C)(=O)=O. The third-order valence-electron chi connectivity index (χ3n) is 3.58. The number of benzene rings is 1. The van der Waals surface area contributed by atoms with Gasteiger partial charge in [-0.05, 0) is 31.5 Å². The van der Waals surface area contributed by atoms with E-state index in [9.17, 15) is 8.42 Å². The summed E-state index contributed by atoms with van der Waals surface area (Å²) in [6.07, 6.45) is 3.51. The molecule has 0 spiro atoms. The molecule has 0 aromatic heterocycles. The van der Waals surface area contributed by atoms with Gasteiger partial charge in [-0.3, -0.25) is 0 Å². The predicted molar refractivity (Wildman–Crippen MR) is 78.5 cm³/mol. The van der Waals surface area contributed by atoms with Crippen LogP contribution in [0.15, 0.2) is 29.2 Å². The number of anilines is 1. The van der Waals surface area contributed by atoms with Gasteiger partial charge in [0.15, 0.2) is 9.84 Å². The molecule has 1 heterocycles. The molecule has 106 valence electrons. The van der Waals surface area contributed by atoms with Crippen molar-refractivity contribution in [3.63, 3.8) is 0 Å². The van der Waals surface area contributed by atoms with E-state index in [-0.39, 0.29) is 0 Å². The number of likely N-dealkylation sites (N-methyl/N-ethyl adjacent to an activating group) is 1. The lowest BCUT2D eigenvalue weighted by Gasteiger charge is -2.28. The minimum atomic E-state index is -3.18. The molecule has 0 bridgehead atoms. The molecule has 1 aromatic carbocycles. The summed E-state index contributed by atoms with van der Waals surface area (Å²) >= 11 is 0. The maximum atomic E-state index is 11.9. The largest absolute Gasteiger partial charge is 0.366 e. The van der Waals surface area contributed by atoms with Crippen molar-refractivity contribution < 1.29 is 8.42 Å². The summed E-state index contributed by atoms with van der Waals surface area (Å²) in [4.78, 5) is 2.68. The van der Waals surface area contributed by atoms with Crippen LogP contribution < -0.4 is 10.2 Å². The average Bonchev–Trinajstić information content (AvgIpc) is 2.83. The second kappa shape index (κ2) is 5.92. The molecule has 1 saturated heterocycles. The van der Waals surface area contributed by atoms with Crippen LogP contribution in [0.1, 0.15) is 19.8 Å². The Morgan fingerprint density at radius 3 is 2.79 bits per heavy atom. The zero-order valence-corrected chi connectivity index (χ0v) is 12.4. The summed E-state index contributed by atoms with van der Waals surface area (Å²) in [5.41, 5.74) is 0.852. The monoisotopic (exact) mass is 282 g/mol. The first kappa shape index (κ1) is 14.3. The predicted octanol–water partition coefficient (Wildman–Crippen LogP) is 1.67. The first-order valence-electron chi connectivity index (χ1n) is 6.80. The summed E-state index contributed by atoms with van der Waals surface area (Å²) in [6.45, 7) is 4.87. The van der Waals surface area contributed by atoms with Crippen molar-refractivity contribution in [1.82, 2.24) is 5.32 Å². The molecule has 19 heavy (non-hydrogen) atoms. The molecule has 1 fully saturated rings. The molecule has 1 unspecified atom stereocenters. The molecule has 1 aliphatic rings. The zero-order chi connectivity index (χ0) is 13.9. The van der Waals surface area contributed by atoms with Crippen LogP contribution in [0.3, 0.4) is 0 Å². The lowest BCUT2D eigenvalue weighted by molar-refractivity contribution is 0.582. The Morgan fingerprint density at radius 2 is 2.11 bits per heavy atom. The molecule has 5 heteroatoms. The Morgan fingerprint density at radius 1 is 1.37 bits per heavy atom. The van der Waals surface area contributed by atoms with Gasteiger partial charge in [0.05, 0.1) is 10.6 Å². The number of nitrogens with one attached hydrogen (secondary N) is 1. The van der Waals surface area contributed by atoms with Crippen LogP contribution in [0.5, 0.6) is 0 Å². The van der Waals surface area contributed by atoms with E-state index in [2.05, 4.69) is 17.1 Å². The average molecular weight is 282 g/mol. The normalized spacial score (nSPS) is 19.9. The fraction of sp³-hybridized carbons (Fsp3) is 0.571. The van der Waals surface area contributed by atoms with Crippen molar-refractivity contribution in [3.05, 3.63) is 24.3 Å². The third kappa shape index (κ3) is 3.28. The van der Waals surface area contributed by atoms with Crippen LogP contribution in [0.2, 0.25) is 0 Å². The van der Waals surface area contributed by atoms with Crippen LogP contribution in [0, 0.1) is 0 Å². The Kier molecular flexibility index (Phi) is 4.47. The number of rotatable bonds is 5. The van der Waals surface area contributed by atoms with E-state index in [4.69, 9.17) is 0 Å². The van der Waals surface area contributed by atoms with E-state index in [0.717, 1.165) is 38.2 Å². The van der Waals surface area contributed by atoms with Gasteiger partial charge in [-0.25, -0.2) is 8.42 Å². The second-order valence-electron chi connectivity index (χ2n) is 5.04. The Labute approximate surface area is 115 Å². The number of hydrogen-bond donors (Lipinski definition) is 1. The Bertz CT molecular complexity index is 528. The van der Waals surface area contributed by atoms with E-state index in [0.29, 0.717) is 10.9 Å². The minimum Gasteiger partial charge on any atom is -0.366 e. The molecule has 1 atom stereocenters. The van der Waals surface area contributed by atoms with Crippen LogP contribution in [0.25, 0.3) is 0 Å². The fourth-order valence-corrected chi connectivity index (χ4v) is 3.57. The van der Waals surface area contributed by atoms with Gasteiger partial charge < -0.3 is 10.2 Å². The maximum absolute atomic E-state index is 11.9. The van der Waals surface area contributed by atoms with E-state index >= 15 is 0 Å². The van der Waals surface area contributed by atoms with Crippen molar-refractivity contribution >= 4 is 15.5 Å². The molecule has 0 amide bonds. The van der Waals surface area contributed by atoms with Crippen LogP contribution in [-0.2, 0) is 9.84 Å². The molecule has 4 nitrogen and oxygen atoms in total. The van der Waals surface area contributed by atoms with Gasteiger partial charge in [0.25, 0.3) is 0 Å². The van der Waals surface area contributed by atoms with Gasteiger partial charge >= 0.3 is 0 Å². The molecule has 2 rings (SSSR count). The van der Waals surface area contributed by atoms with Gasteiger partial charge in [-0.1, -0.05) is 19.1 Å². The van der Waals surface area contributed by atoms with E-state index in [1.807, 2.05) is 12.1 Å². The van der Waals surface area contributed by atoms with Crippen molar-refractivity contribution in [2.75, 3.05) is 30.8 Å². The van der Waals surface area contributed by atoms with E-state index in [1.165, 1.54) is 6.26 Å². The molecule has 1 aliphatic heterocycles. The number of nitrogens with zero attached hydrogens (tertiary/aromatic N) is 1. The fourth-order valence-electron chi connectivity index (χ4n) is 2.68. The van der Waals surface area contributed by atoms with Crippen molar-refractivity contribution in [1.29, 1.82) is 0 Å². The minimum absolute atomic E-state index is 0.392. The number of sulfone groups is 1. The zero-order valence-electron chi connectivity index (χ0n) is 11.6. The number of hydrogen-bond acceptors (Lipinski definition) is 4. The third-order valence-corrected chi connectivity index (χ3v) is 4.73. The molecule has 0 saturated carbocycles. The standard InChI is InChI=1S/C14H22N2O2S/c1-3-15-11-12-7-6-10-16(12)13-8-4-5-9-14(13)19(2,17)18/h4-5,8-9,12,15H,3,6-7,10-11H2,1-2H3. The van der Waals surface area contributed by atoms with Gasteiger partial charge in [0, 0.05) is 25.4 Å². The lowest BCUT2D eigenvalue weighted by Crippen LogP contribution is -2.38. The van der Waals surface area contributed by atoms with Crippen LogP contribution >= 0.6 is 0 Å². The van der Waals surface area contributed by atoms with Crippen molar-refractivity contribution in [2.24, 2.45) is 0 Å². The highest BCUT2D eigenvalue weighted by Crippen LogP contribution is 2.31. The van der Waals surface area contributed by atoms with Gasteiger partial charge in [-0.2, -0.15) is 0 Å². The van der Waals surface area contributed by atoms with Crippen LogP contribution in [0.4, 0.5) is 5.69 Å². The summed E-state index contributed by atoms with van der Waals surface area (Å²) in [5, 5.41) is 3.36. The van der Waals surface area contributed by atoms with E-state index < -0.39 is 9.84 Å². The maximum Gasteiger partial charge on any atom is 0.177 e. The smallest absolute Gasteiger partial charge is 0.177 e. The molecule has 0 aliphatic carbocycles. The summed E-state index contributed by atoms with van der Waals surface area (Å²) in [6, 6.07) is 7.71. The first-order chi connectivity index (χ1) is 9.04. The highest BCUT2D eigenvalue weighted by Gasteiger charge is 2.27. The summed E-state index contributed by atoms with van der Waals surface area (Å²) in [5.74, 6) is 0. The highest BCUT2D eigenvalue weighted by atomic mass is 32.2. The van der Waals surface area contributed by atoms with Gasteiger partial charge in [0.1, 0.15) is 0 Å². The Hall–Kier alpha value is -1.07. The van der Waals surface area contributed by atoms with Crippen molar-refractivity contribution in [3.8, 4) is 0 Å². The topological polar surface area (TPSA) is 49.4 Å². The molecule has 1 N–H and O–H groups in total. The molecular formula is C14H22N2O2S. The second-order valence-corrected chi connectivity index (χ2v) is 7.02. The number of para-hydroxylation sites is 1. The van der Waals surface area contributed by atoms with Crippen LogP contribution in [-0.4, -0.2) is 40.3 Å². The van der Waals surface area contributed by atoms with E-state index in [1.54, 1.807) is 12.1 Å². The quantitative estimate of drug-likeness (QED) is 0.892.